The van der Waals surface area contributed by atoms with E-state index in [-0.39, 0.29) is 19.0 Å². The molecule has 0 spiro atoms. The van der Waals surface area contributed by atoms with Crippen LogP contribution in [0.4, 0.5) is 0 Å². The third-order valence-electron chi connectivity index (χ3n) is 5.46. The van der Waals surface area contributed by atoms with Crippen LogP contribution in [0.5, 0.6) is 5.75 Å². The Kier molecular flexibility index (Phi) is 7.83. The number of nitrogens with one attached hydrogen (secondary N) is 1. The lowest BCUT2D eigenvalue weighted by molar-refractivity contribution is 0.0920. The number of aliphatic hydroxyl groups is 1. The van der Waals surface area contributed by atoms with E-state index in [0.29, 0.717) is 22.9 Å². The van der Waals surface area contributed by atoms with Gasteiger partial charge in [-0.2, -0.15) is 0 Å². The summed E-state index contributed by atoms with van der Waals surface area (Å²) in [7, 11) is 0. The van der Waals surface area contributed by atoms with Crippen molar-refractivity contribution in [3.63, 3.8) is 0 Å². The van der Waals surface area contributed by atoms with Gasteiger partial charge in [-0.05, 0) is 62.3 Å². The van der Waals surface area contributed by atoms with Gasteiger partial charge in [0.25, 0.3) is 0 Å². The standard InChI is InChI=1S/C22H27ClN4O2.ClH/c23-17-7-9-19(10-8-17)29-16-18(28)15-27-21-6-2-1-5-20(21)26(22(27)24)14-13-25-11-3-4-12-25;/h1-2,5-10,18,24,28H,3-4,11-16H2;1H. The summed E-state index contributed by atoms with van der Waals surface area (Å²) in [5.74, 6) is 0.664. The van der Waals surface area contributed by atoms with Crippen molar-refractivity contribution in [3.05, 3.63) is 59.2 Å². The third-order valence-corrected chi connectivity index (χ3v) is 5.71. The summed E-state index contributed by atoms with van der Waals surface area (Å²) in [4.78, 5) is 2.45. The minimum Gasteiger partial charge on any atom is -0.491 e. The van der Waals surface area contributed by atoms with Crippen molar-refractivity contribution in [2.45, 2.75) is 32.0 Å². The van der Waals surface area contributed by atoms with Crippen LogP contribution in [0, 0.1) is 5.41 Å². The van der Waals surface area contributed by atoms with Crippen molar-refractivity contribution in [2.24, 2.45) is 0 Å². The van der Waals surface area contributed by atoms with Gasteiger partial charge >= 0.3 is 0 Å². The van der Waals surface area contributed by atoms with Gasteiger partial charge < -0.3 is 23.9 Å². The summed E-state index contributed by atoms with van der Waals surface area (Å²) in [6, 6.07) is 15.1. The summed E-state index contributed by atoms with van der Waals surface area (Å²) in [6.45, 7) is 4.49. The topological polar surface area (TPSA) is 66.4 Å². The van der Waals surface area contributed by atoms with Gasteiger partial charge in [-0.15, -0.1) is 12.4 Å². The fourth-order valence-electron chi connectivity index (χ4n) is 3.94. The largest absolute Gasteiger partial charge is 0.491 e. The molecular formula is C22H28Cl2N4O2. The highest BCUT2D eigenvalue weighted by Gasteiger charge is 2.16. The Hall–Kier alpha value is -1.99. The molecule has 1 fully saturated rings. The van der Waals surface area contributed by atoms with Crippen LogP contribution in [0.2, 0.25) is 5.02 Å². The van der Waals surface area contributed by atoms with E-state index in [0.717, 1.165) is 37.2 Å². The molecule has 162 valence electrons. The average molecular weight is 451 g/mol. The predicted octanol–water partition coefficient (Wildman–Crippen LogP) is 3.53. The zero-order valence-electron chi connectivity index (χ0n) is 16.8. The van der Waals surface area contributed by atoms with E-state index in [9.17, 15) is 5.11 Å². The fourth-order valence-corrected chi connectivity index (χ4v) is 4.07. The predicted molar refractivity (Wildman–Crippen MR) is 122 cm³/mol. The molecule has 0 bridgehead atoms. The molecule has 1 aliphatic heterocycles. The van der Waals surface area contributed by atoms with Crippen LogP contribution in [0.25, 0.3) is 11.0 Å². The highest BCUT2D eigenvalue weighted by atomic mass is 35.5. The van der Waals surface area contributed by atoms with E-state index in [1.807, 2.05) is 33.4 Å². The van der Waals surface area contributed by atoms with Crippen molar-refractivity contribution in [2.75, 3.05) is 26.2 Å². The number of benzene rings is 2. The molecule has 3 aromatic rings. The maximum absolute atomic E-state index is 10.5. The summed E-state index contributed by atoms with van der Waals surface area (Å²) < 4.78 is 9.58. The molecular weight excluding hydrogens is 423 g/mol. The van der Waals surface area contributed by atoms with E-state index in [2.05, 4.69) is 4.90 Å². The van der Waals surface area contributed by atoms with E-state index < -0.39 is 6.10 Å². The number of rotatable bonds is 8. The first-order valence-electron chi connectivity index (χ1n) is 10.1. The molecule has 1 aromatic heterocycles. The van der Waals surface area contributed by atoms with Gasteiger partial charge in [0.05, 0.1) is 17.6 Å². The van der Waals surface area contributed by atoms with E-state index in [1.54, 1.807) is 24.3 Å². The molecule has 0 radical (unpaired) electrons. The van der Waals surface area contributed by atoms with E-state index >= 15 is 0 Å². The van der Waals surface area contributed by atoms with E-state index in [4.69, 9.17) is 21.7 Å². The number of fused-ring (bicyclic) bond motifs is 1. The van der Waals surface area contributed by atoms with Crippen molar-refractivity contribution in [3.8, 4) is 5.75 Å². The summed E-state index contributed by atoms with van der Waals surface area (Å²) in [5, 5.41) is 19.9. The molecule has 2 N–H and O–H groups in total. The van der Waals surface area contributed by atoms with Crippen LogP contribution in [-0.2, 0) is 13.1 Å². The quantitative estimate of drug-likeness (QED) is 0.551. The average Bonchev–Trinajstić information content (AvgIpc) is 3.33. The number of aromatic nitrogens is 2. The molecule has 1 saturated heterocycles. The number of ether oxygens (including phenoxy) is 1. The fraction of sp³-hybridized carbons (Fsp3) is 0.409. The van der Waals surface area contributed by atoms with Crippen LogP contribution >= 0.6 is 24.0 Å². The SMILES string of the molecule is Cl.N=c1n(CCN2CCCC2)c2ccccc2n1CC(O)COc1ccc(Cl)cc1. The number of likely N-dealkylation sites (tertiary alicyclic amines) is 1. The lowest BCUT2D eigenvalue weighted by atomic mass is 10.3. The number of hydrogen-bond acceptors (Lipinski definition) is 4. The number of nitrogens with zero attached hydrogens (tertiary/aromatic N) is 3. The van der Waals surface area contributed by atoms with Crippen molar-refractivity contribution < 1.29 is 9.84 Å². The number of aliphatic hydroxyl groups excluding tert-OH is 1. The molecule has 0 amide bonds. The van der Waals surface area contributed by atoms with Crippen molar-refractivity contribution in [1.82, 2.24) is 14.0 Å². The Morgan fingerprint density at radius 1 is 0.967 bits per heavy atom. The first kappa shape index (κ1) is 22.7. The molecule has 0 saturated carbocycles. The van der Waals surface area contributed by atoms with Gasteiger partial charge in [0.1, 0.15) is 18.5 Å². The molecule has 1 atom stereocenters. The molecule has 6 nitrogen and oxygen atoms in total. The van der Waals surface area contributed by atoms with Gasteiger partial charge in [0.2, 0.25) is 5.62 Å². The molecule has 1 aliphatic rings. The Morgan fingerprint density at radius 2 is 1.60 bits per heavy atom. The molecule has 0 aliphatic carbocycles. The number of imidazole rings is 1. The first-order valence-corrected chi connectivity index (χ1v) is 10.5. The monoisotopic (exact) mass is 450 g/mol. The lowest BCUT2D eigenvalue weighted by Crippen LogP contribution is -2.33. The van der Waals surface area contributed by atoms with Crippen LogP contribution in [-0.4, -0.2) is 51.5 Å². The minimum atomic E-state index is -0.724. The highest BCUT2D eigenvalue weighted by molar-refractivity contribution is 6.30. The molecule has 30 heavy (non-hydrogen) atoms. The molecule has 1 unspecified atom stereocenters. The highest BCUT2D eigenvalue weighted by Crippen LogP contribution is 2.17. The molecule has 8 heteroatoms. The molecule has 2 heterocycles. The second-order valence-electron chi connectivity index (χ2n) is 7.54. The third kappa shape index (κ3) is 5.19. The molecule has 2 aromatic carbocycles. The van der Waals surface area contributed by atoms with E-state index in [1.165, 1.54) is 12.8 Å². The van der Waals surface area contributed by atoms with Gasteiger partial charge in [-0.1, -0.05) is 23.7 Å². The number of para-hydroxylation sites is 2. The van der Waals surface area contributed by atoms with Crippen LogP contribution in [0.1, 0.15) is 12.8 Å². The molecule has 4 rings (SSSR count). The maximum atomic E-state index is 10.5. The first-order chi connectivity index (χ1) is 14.1. The Morgan fingerprint density at radius 3 is 2.27 bits per heavy atom. The Balaban J connectivity index is 0.00000256. The normalized spacial score (nSPS) is 15.3. The smallest absolute Gasteiger partial charge is 0.203 e. The zero-order valence-corrected chi connectivity index (χ0v) is 18.4. The number of hydrogen-bond donors (Lipinski definition) is 2. The van der Waals surface area contributed by atoms with Gasteiger partial charge in [0.15, 0.2) is 0 Å². The maximum Gasteiger partial charge on any atom is 0.203 e. The number of halogens is 2. The summed E-state index contributed by atoms with van der Waals surface area (Å²) in [6.07, 6.45) is 1.80. The van der Waals surface area contributed by atoms with Crippen LogP contribution in [0.3, 0.4) is 0 Å². The zero-order chi connectivity index (χ0) is 20.2. The Labute approximate surface area is 187 Å². The summed E-state index contributed by atoms with van der Waals surface area (Å²) >= 11 is 5.89. The Bertz CT molecular complexity index is 1010. The van der Waals surface area contributed by atoms with Crippen LogP contribution in [0.15, 0.2) is 48.5 Å². The lowest BCUT2D eigenvalue weighted by Gasteiger charge is -2.15. The van der Waals surface area contributed by atoms with Gasteiger partial charge in [-0.25, -0.2) is 0 Å². The minimum absolute atomic E-state index is 0. The second-order valence-corrected chi connectivity index (χ2v) is 7.98. The van der Waals surface area contributed by atoms with Crippen LogP contribution < -0.4 is 10.4 Å². The van der Waals surface area contributed by atoms with Crippen molar-refractivity contribution >= 4 is 35.0 Å². The second kappa shape index (κ2) is 10.4. The van der Waals surface area contributed by atoms with Gasteiger partial charge in [0, 0.05) is 18.1 Å². The van der Waals surface area contributed by atoms with Gasteiger partial charge in [-0.3, -0.25) is 5.41 Å². The summed E-state index contributed by atoms with van der Waals surface area (Å²) in [5.41, 5.74) is 2.41. The van der Waals surface area contributed by atoms with Crippen molar-refractivity contribution in [1.29, 1.82) is 5.41 Å².